The summed E-state index contributed by atoms with van der Waals surface area (Å²) in [6, 6.07) is -3.66. The van der Waals surface area contributed by atoms with Crippen LogP contribution in [-0.2, 0) is 48.6 Å². The van der Waals surface area contributed by atoms with Crippen molar-refractivity contribution in [3.63, 3.8) is 0 Å². The number of hydrogen-bond donors (Lipinski definition) is 3. The lowest BCUT2D eigenvalue weighted by atomic mass is 9.98. The molecule has 1 aromatic rings. The molecule has 2 unspecified atom stereocenters. The van der Waals surface area contributed by atoms with Gasteiger partial charge in [-0.2, -0.15) is 12.7 Å². The molecule has 16 nitrogen and oxygen atoms in total. The standard InChI is InChI=1S/C15H16ClN5O11S2/c1-30-8(23)4-32-20-9(6-5-33-15(17-6)18-7(22)3-16)12(24)19-10-11(14(26)31-2)21(13(10)25)34(27,28)29/h5,10-11H,3-4H2,1-2H3,(H,19,24)(H,17,18,22)(H,27,28,29). The highest BCUT2D eigenvalue weighted by atomic mass is 35.5. The van der Waals surface area contributed by atoms with Crippen molar-refractivity contribution in [1.29, 1.82) is 0 Å². The molecule has 3 amide bonds. The van der Waals surface area contributed by atoms with Gasteiger partial charge in [-0.3, -0.25) is 18.9 Å². The predicted molar refractivity (Wildman–Crippen MR) is 112 cm³/mol. The van der Waals surface area contributed by atoms with Crippen LogP contribution in [0.4, 0.5) is 5.13 Å². The van der Waals surface area contributed by atoms with Gasteiger partial charge in [0.2, 0.25) is 12.5 Å². The number of hydrogen-bond acceptors (Lipinski definition) is 13. The molecular weight excluding hydrogens is 526 g/mol. The van der Waals surface area contributed by atoms with Gasteiger partial charge in [0.25, 0.3) is 11.8 Å². The number of halogens is 1. The zero-order valence-electron chi connectivity index (χ0n) is 17.2. The van der Waals surface area contributed by atoms with E-state index in [4.69, 9.17) is 21.0 Å². The zero-order chi connectivity index (χ0) is 25.6. The Labute approximate surface area is 200 Å². The molecule has 0 radical (unpaired) electrons. The molecule has 3 N–H and O–H groups in total. The van der Waals surface area contributed by atoms with E-state index in [0.29, 0.717) is 0 Å². The molecule has 1 aromatic heterocycles. The molecule has 19 heteroatoms. The number of nitrogens with one attached hydrogen (secondary N) is 2. The van der Waals surface area contributed by atoms with Gasteiger partial charge >= 0.3 is 22.2 Å². The number of thiazole rings is 1. The number of alkyl halides is 1. The fraction of sp³-hybridized carbons (Fsp3) is 0.400. The fourth-order valence-corrected chi connectivity index (χ4v) is 4.04. The summed E-state index contributed by atoms with van der Waals surface area (Å²) < 4.78 is 40.6. The van der Waals surface area contributed by atoms with E-state index >= 15 is 0 Å². The van der Waals surface area contributed by atoms with Gasteiger partial charge < -0.3 is 24.9 Å². The molecule has 1 saturated heterocycles. The topological polar surface area (TPSA) is 220 Å². The summed E-state index contributed by atoms with van der Waals surface area (Å²) in [6.45, 7) is -0.711. The van der Waals surface area contributed by atoms with Gasteiger partial charge in [-0.1, -0.05) is 5.16 Å². The molecule has 1 aliphatic heterocycles. The van der Waals surface area contributed by atoms with Gasteiger partial charge in [-0.05, 0) is 0 Å². The molecule has 34 heavy (non-hydrogen) atoms. The van der Waals surface area contributed by atoms with E-state index in [2.05, 4.69) is 30.2 Å². The van der Waals surface area contributed by atoms with Crippen LogP contribution in [0.3, 0.4) is 0 Å². The van der Waals surface area contributed by atoms with E-state index in [1.54, 1.807) is 0 Å². The lowest BCUT2D eigenvalue weighted by Gasteiger charge is -2.41. The van der Waals surface area contributed by atoms with Crippen molar-refractivity contribution in [3.05, 3.63) is 11.1 Å². The van der Waals surface area contributed by atoms with Crippen LogP contribution in [0.5, 0.6) is 0 Å². The van der Waals surface area contributed by atoms with Gasteiger partial charge in [-0.25, -0.2) is 14.6 Å². The lowest BCUT2D eigenvalue weighted by molar-refractivity contribution is -0.162. The smallest absolute Gasteiger partial charge is 0.363 e. The van der Waals surface area contributed by atoms with Crippen molar-refractivity contribution in [3.8, 4) is 0 Å². The molecule has 2 heterocycles. The Kier molecular flexibility index (Phi) is 8.85. The Morgan fingerprint density at radius 1 is 1.29 bits per heavy atom. The summed E-state index contributed by atoms with van der Waals surface area (Å²) in [4.78, 5) is 68.3. The first-order chi connectivity index (χ1) is 15.9. The number of rotatable bonds is 10. The molecule has 0 spiro atoms. The highest BCUT2D eigenvalue weighted by Crippen LogP contribution is 2.25. The van der Waals surface area contributed by atoms with Gasteiger partial charge in [0.05, 0.1) is 14.2 Å². The molecule has 0 aromatic carbocycles. The molecule has 1 aliphatic rings. The Hall–Kier alpha value is -3.35. The van der Waals surface area contributed by atoms with Crippen molar-refractivity contribution in [2.24, 2.45) is 5.16 Å². The fourth-order valence-electron chi connectivity index (χ4n) is 2.43. The largest absolute Gasteiger partial charge is 0.467 e. The maximum Gasteiger partial charge on any atom is 0.363 e. The minimum atomic E-state index is -5.13. The number of anilines is 1. The quantitative estimate of drug-likeness (QED) is 0.0722. The summed E-state index contributed by atoms with van der Waals surface area (Å²) in [6.07, 6.45) is 0. The number of β-lactam (4-membered cyclic amide) rings is 1. The molecule has 2 atom stereocenters. The third-order valence-corrected chi connectivity index (χ3v) is 5.83. The van der Waals surface area contributed by atoms with E-state index in [-0.39, 0.29) is 21.0 Å². The molecule has 1 fully saturated rings. The van der Waals surface area contributed by atoms with Crippen LogP contribution in [0.25, 0.3) is 0 Å². The second kappa shape index (κ2) is 11.2. The average molecular weight is 542 g/mol. The number of methoxy groups -OCH3 is 2. The van der Waals surface area contributed by atoms with Gasteiger partial charge in [-0.15, -0.1) is 22.9 Å². The molecule has 0 aliphatic carbocycles. The number of aromatic nitrogens is 1. The van der Waals surface area contributed by atoms with Crippen molar-refractivity contribution >= 4 is 73.7 Å². The Balaban J connectivity index is 2.32. The SMILES string of the molecule is COC(=O)CON=C(C(=O)NC1C(=O)N(S(=O)(=O)O)C1C(=O)OC)c1csc(NC(=O)CCl)n1. The average Bonchev–Trinajstić information content (AvgIpc) is 3.24. The van der Waals surface area contributed by atoms with Gasteiger partial charge in [0.15, 0.2) is 16.9 Å². The summed E-state index contributed by atoms with van der Waals surface area (Å²) in [5, 5.41) is 9.16. The van der Waals surface area contributed by atoms with Crippen LogP contribution < -0.4 is 10.6 Å². The van der Waals surface area contributed by atoms with E-state index in [0.717, 1.165) is 25.6 Å². The minimum Gasteiger partial charge on any atom is -0.467 e. The Morgan fingerprint density at radius 2 is 1.97 bits per heavy atom. The highest BCUT2D eigenvalue weighted by molar-refractivity contribution is 7.84. The van der Waals surface area contributed by atoms with Crippen LogP contribution in [0.15, 0.2) is 10.5 Å². The van der Waals surface area contributed by atoms with Crippen LogP contribution in [0.1, 0.15) is 5.69 Å². The normalized spacial score (nSPS) is 17.9. The van der Waals surface area contributed by atoms with E-state index in [1.165, 1.54) is 5.38 Å². The maximum atomic E-state index is 12.8. The number of ether oxygens (including phenoxy) is 2. The van der Waals surface area contributed by atoms with E-state index in [1.807, 2.05) is 0 Å². The number of carbonyl (C=O) groups excluding carboxylic acids is 5. The number of carbonyl (C=O) groups is 5. The Morgan fingerprint density at radius 3 is 2.53 bits per heavy atom. The van der Waals surface area contributed by atoms with Crippen LogP contribution in [0, 0.1) is 0 Å². The molecule has 0 bridgehead atoms. The molecule has 2 rings (SSSR count). The predicted octanol–water partition coefficient (Wildman–Crippen LogP) is -2.11. The van der Waals surface area contributed by atoms with Crippen molar-refractivity contribution < 1.29 is 51.3 Å². The number of nitrogens with zero attached hydrogens (tertiary/aromatic N) is 3. The van der Waals surface area contributed by atoms with E-state index in [9.17, 15) is 32.4 Å². The van der Waals surface area contributed by atoms with Crippen molar-refractivity contribution in [1.82, 2.24) is 14.6 Å². The molecule has 0 saturated carbocycles. The number of esters is 2. The first-order valence-corrected chi connectivity index (χ1v) is 11.5. The third kappa shape index (κ3) is 6.16. The summed E-state index contributed by atoms with van der Waals surface area (Å²) >= 11 is 6.26. The van der Waals surface area contributed by atoms with Crippen LogP contribution in [-0.4, -0.2) is 96.4 Å². The van der Waals surface area contributed by atoms with Crippen molar-refractivity contribution in [2.75, 3.05) is 32.0 Å². The van der Waals surface area contributed by atoms with Crippen LogP contribution >= 0.6 is 22.9 Å². The summed E-state index contributed by atoms with van der Waals surface area (Å²) in [7, 11) is -3.17. The number of amides is 3. The maximum absolute atomic E-state index is 12.8. The third-order valence-electron chi connectivity index (χ3n) is 3.93. The number of oxime groups is 1. The highest BCUT2D eigenvalue weighted by Gasteiger charge is 2.58. The lowest BCUT2D eigenvalue weighted by Crippen LogP contribution is -2.74. The molecular formula is C15H16ClN5O11S2. The summed E-state index contributed by atoms with van der Waals surface area (Å²) in [5.41, 5.74) is -0.807. The monoisotopic (exact) mass is 541 g/mol. The van der Waals surface area contributed by atoms with Crippen LogP contribution in [0.2, 0.25) is 0 Å². The zero-order valence-corrected chi connectivity index (χ0v) is 19.6. The molecule has 186 valence electrons. The first-order valence-electron chi connectivity index (χ1n) is 8.72. The summed E-state index contributed by atoms with van der Waals surface area (Å²) in [5.74, 6) is -5.59. The minimum absolute atomic E-state index is 0.0128. The first kappa shape index (κ1) is 26.9. The second-order valence-electron chi connectivity index (χ2n) is 6.04. The van der Waals surface area contributed by atoms with E-state index < -0.39 is 64.4 Å². The Bertz CT molecular complexity index is 1140. The van der Waals surface area contributed by atoms with Crippen molar-refractivity contribution in [2.45, 2.75) is 12.1 Å². The second-order valence-corrected chi connectivity index (χ2v) is 8.45. The van der Waals surface area contributed by atoms with Gasteiger partial charge in [0, 0.05) is 5.38 Å². The van der Waals surface area contributed by atoms with Gasteiger partial charge in [0.1, 0.15) is 17.6 Å².